The maximum absolute atomic E-state index is 13.7. The zero-order chi connectivity index (χ0) is 13.2. The molecule has 0 atom stereocenters. The number of carbonyl (C=O) groups is 1. The lowest BCUT2D eigenvalue weighted by molar-refractivity contribution is 0.0996. The van der Waals surface area contributed by atoms with E-state index in [0.717, 1.165) is 12.1 Å². The summed E-state index contributed by atoms with van der Waals surface area (Å²) in [4.78, 5) is 13.1. The van der Waals surface area contributed by atoms with Gasteiger partial charge in [-0.2, -0.15) is 0 Å². The van der Waals surface area contributed by atoms with Gasteiger partial charge in [0.05, 0.1) is 11.3 Å². The van der Waals surface area contributed by atoms with Crippen molar-refractivity contribution in [3.8, 4) is 0 Å². The first-order valence-corrected chi connectivity index (χ1v) is 5.36. The summed E-state index contributed by atoms with van der Waals surface area (Å²) in [5.41, 5.74) is 12.1. The second-order valence-corrected chi connectivity index (χ2v) is 4.35. The molecule has 0 aliphatic rings. The molecule has 0 heterocycles. The predicted octanol–water partition coefficient (Wildman–Crippen LogP) is 0.919. The van der Waals surface area contributed by atoms with E-state index in [-0.39, 0.29) is 11.3 Å². The third kappa shape index (κ3) is 2.94. The van der Waals surface area contributed by atoms with E-state index >= 15 is 0 Å². The van der Waals surface area contributed by atoms with Crippen LogP contribution in [0.15, 0.2) is 6.07 Å². The van der Waals surface area contributed by atoms with Gasteiger partial charge in [0.15, 0.2) is 5.82 Å². The van der Waals surface area contributed by atoms with Crippen LogP contribution in [-0.4, -0.2) is 31.4 Å². The summed E-state index contributed by atoms with van der Waals surface area (Å²) in [5, 5.41) is 0. The minimum atomic E-state index is -0.791. The van der Waals surface area contributed by atoms with E-state index in [1.807, 2.05) is 19.0 Å². The highest BCUT2D eigenvalue weighted by atomic mass is 19.1. The predicted molar refractivity (Wildman–Crippen MR) is 66.3 cm³/mol. The van der Waals surface area contributed by atoms with Crippen LogP contribution >= 0.6 is 0 Å². The number of nitrogen functional groups attached to an aromatic ring is 1. The van der Waals surface area contributed by atoms with Crippen molar-refractivity contribution in [2.24, 2.45) is 5.73 Å². The van der Waals surface area contributed by atoms with Crippen molar-refractivity contribution in [1.82, 2.24) is 4.90 Å². The van der Waals surface area contributed by atoms with Gasteiger partial charge in [-0.05, 0) is 44.6 Å². The normalized spacial score (nSPS) is 10.9. The summed E-state index contributed by atoms with van der Waals surface area (Å²) in [6.07, 6.45) is 0.698. The summed E-state index contributed by atoms with van der Waals surface area (Å²) in [7, 11) is 3.88. The Morgan fingerprint density at radius 3 is 2.53 bits per heavy atom. The Morgan fingerprint density at radius 2 is 2.06 bits per heavy atom. The molecule has 0 radical (unpaired) electrons. The van der Waals surface area contributed by atoms with Gasteiger partial charge in [0.25, 0.3) is 5.91 Å². The number of likely N-dealkylation sites (N-methyl/N-ethyl adjacent to an activating group) is 1. The molecule has 4 nitrogen and oxygen atoms in total. The second kappa shape index (κ2) is 5.14. The summed E-state index contributed by atoms with van der Waals surface area (Å²) >= 11 is 0. The van der Waals surface area contributed by atoms with Crippen LogP contribution in [0.4, 0.5) is 10.1 Å². The molecule has 94 valence electrons. The lowest BCUT2D eigenvalue weighted by Crippen LogP contribution is -2.19. The average Bonchev–Trinajstić information content (AvgIpc) is 2.24. The fourth-order valence-corrected chi connectivity index (χ4v) is 1.61. The summed E-state index contributed by atoms with van der Waals surface area (Å²) < 4.78 is 13.7. The van der Waals surface area contributed by atoms with E-state index in [0.29, 0.717) is 12.0 Å². The monoisotopic (exact) mass is 239 g/mol. The fourth-order valence-electron chi connectivity index (χ4n) is 1.61. The Balaban J connectivity index is 3.17. The van der Waals surface area contributed by atoms with Gasteiger partial charge in [-0.3, -0.25) is 4.79 Å². The van der Waals surface area contributed by atoms with Crippen molar-refractivity contribution in [3.63, 3.8) is 0 Å². The van der Waals surface area contributed by atoms with Crippen molar-refractivity contribution in [2.75, 3.05) is 26.4 Å². The molecule has 4 N–H and O–H groups in total. The number of carbonyl (C=O) groups excluding carboxylic acids is 1. The largest absolute Gasteiger partial charge is 0.396 e. The number of hydrogen-bond donors (Lipinski definition) is 2. The Hall–Kier alpha value is -1.62. The number of primary amides is 1. The molecule has 17 heavy (non-hydrogen) atoms. The van der Waals surface area contributed by atoms with Crippen molar-refractivity contribution in [3.05, 3.63) is 28.6 Å². The fraction of sp³-hybridized carbons (Fsp3) is 0.417. The quantitative estimate of drug-likeness (QED) is 0.767. The van der Waals surface area contributed by atoms with Gasteiger partial charge < -0.3 is 16.4 Å². The van der Waals surface area contributed by atoms with E-state index in [2.05, 4.69) is 0 Å². The summed E-state index contributed by atoms with van der Waals surface area (Å²) in [6, 6.07) is 1.49. The second-order valence-electron chi connectivity index (χ2n) is 4.35. The zero-order valence-electron chi connectivity index (χ0n) is 10.4. The van der Waals surface area contributed by atoms with E-state index in [9.17, 15) is 9.18 Å². The molecule has 0 fully saturated rings. The Bertz CT molecular complexity index is 444. The van der Waals surface area contributed by atoms with Crippen LogP contribution in [0.1, 0.15) is 21.5 Å². The van der Waals surface area contributed by atoms with Crippen LogP contribution < -0.4 is 11.5 Å². The van der Waals surface area contributed by atoms with Gasteiger partial charge in [0.2, 0.25) is 0 Å². The van der Waals surface area contributed by atoms with Crippen LogP contribution in [0.5, 0.6) is 0 Å². The maximum atomic E-state index is 13.7. The van der Waals surface area contributed by atoms with Crippen LogP contribution in [0.2, 0.25) is 0 Å². The first kappa shape index (κ1) is 13.4. The van der Waals surface area contributed by atoms with Gasteiger partial charge in [0, 0.05) is 6.54 Å². The van der Waals surface area contributed by atoms with Gasteiger partial charge in [-0.15, -0.1) is 0 Å². The number of amides is 1. The van der Waals surface area contributed by atoms with Crippen molar-refractivity contribution >= 4 is 11.6 Å². The molecule has 0 saturated carbocycles. The molecule has 0 aliphatic carbocycles. The average molecular weight is 239 g/mol. The maximum Gasteiger partial charge on any atom is 0.251 e. The summed E-state index contributed by atoms with van der Waals surface area (Å²) in [6.45, 7) is 2.54. The van der Waals surface area contributed by atoms with Crippen LogP contribution in [-0.2, 0) is 6.42 Å². The highest BCUT2D eigenvalue weighted by Crippen LogP contribution is 2.24. The number of nitrogens with zero attached hydrogens (tertiary/aromatic N) is 1. The van der Waals surface area contributed by atoms with Gasteiger partial charge in [0.1, 0.15) is 0 Å². The Morgan fingerprint density at radius 1 is 1.47 bits per heavy atom. The third-order valence-corrected chi connectivity index (χ3v) is 2.77. The number of hydrogen-bond acceptors (Lipinski definition) is 3. The first-order valence-electron chi connectivity index (χ1n) is 5.36. The standard InChI is InChI=1S/C12H18FN3O/c1-7-8(4-5-16(2)3)6-9(12(15)17)10(13)11(7)14/h6H,4-5,14H2,1-3H3,(H2,15,17). The smallest absolute Gasteiger partial charge is 0.251 e. The van der Waals surface area contributed by atoms with E-state index < -0.39 is 11.7 Å². The van der Waals surface area contributed by atoms with Gasteiger partial charge >= 0.3 is 0 Å². The topological polar surface area (TPSA) is 72.3 Å². The molecule has 0 spiro atoms. The van der Waals surface area contributed by atoms with E-state index in [4.69, 9.17) is 11.5 Å². The van der Waals surface area contributed by atoms with Crippen LogP contribution in [0, 0.1) is 12.7 Å². The molecule has 1 aromatic rings. The highest BCUT2D eigenvalue weighted by molar-refractivity contribution is 5.94. The molecule has 1 rings (SSSR count). The number of benzene rings is 1. The lowest BCUT2D eigenvalue weighted by atomic mass is 9.99. The SMILES string of the molecule is Cc1c(CCN(C)C)cc(C(N)=O)c(F)c1N. The molecular weight excluding hydrogens is 221 g/mol. The molecule has 0 saturated heterocycles. The van der Waals surface area contributed by atoms with Crippen molar-refractivity contribution < 1.29 is 9.18 Å². The molecule has 0 aliphatic heterocycles. The van der Waals surface area contributed by atoms with Gasteiger partial charge in [-0.1, -0.05) is 0 Å². The zero-order valence-corrected chi connectivity index (χ0v) is 10.4. The molecule has 0 aromatic heterocycles. The minimum absolute atomic E-state index is 0.00931. The highest BCUT2D eigenvalue weighted by Gasteiger charge is 2.16. The molecule has 0 bridgehead atoms. The Kier molecular flexibility index (Phi) is 4.07. The number of anilines is 1. The third-order valence-electron chi connectivity index (χ3n) is 2.77. The molecule has 1 amide bonds. The lowest BCUT2D eigenvalue weighted by Gasteiger charge is -2.14. The van der Waals surface area contributed by atoms with Crippen LogP contribution in [0.25, 0.3) is 0 Å². The minimum Gasteiger partial charge on any atom is -0.396 e. The summed E-state index contributed by atoms with van der Waals surface area (Å²) in [5.74, 6) is -1.51. The molecule has 1 aromatic carbocycles. The van der Waals surface area contributed by atoms with E-state index in [1.165, 1.54) is 6.07 Å². The molecule has 5 heteroatoms. The number of rotatable bonds is 4. The molecule has 0 unspecified atom stereocenters. The molecular formula is C12H18FN3O. The Labute approximate surface area is 100 Å². The number of halogens is 1. The van der Waals surface area contributed by atoms with Crippen molar-refractivity contribution in [2.45, 2.75) is 13.3 Å². The van der Waals surface area contributed by atoms with Crippen molar-refractivity contribution in [1.29, 1.82) is 0 Å². The first-order chi connectivity index (χ1) is 7.84. The van der Waals surface area contributed by atoms with Crippen LogP contribution in [0.3, 0.4) is 0 Å². The van der Waals surface area contributed by atoms with Gasteiger partial charge in [-0.25, -0.2) is 4.39 Å². The van der Waals surface area contributed by atoms with E-state index in [1.54, 1.807) is 6.92 Å². The number of nitrogens with two attached hydrogens (primary N) is 2.